The van der Waals surface area contributed by atoms with E-state index in [4.69, 9.17) is 0 Å². The van der Waals surface area contributed by atoms with Crippen LogP contribution < -0.4 is 17.0 Å². The van der Waals surface area contributed by atoms with Crippen molar-refractivity contribution in [2.24, 2.45) is 0 Å². The molecule has 234 valence electrons. The number of hydrogen-bond donors (Lipinski definition) is 2. The van der Waals surface area contributed by atoms with Crippen LogP contribution in [0.5, 0.6) is 11.5 Å². The molecule has 6 aromatic rings. The normalized spacial score (nSPS) is 13.5. The van der Waals surface area contributed by atoms with E-state index >= 15 is 0 Å². The van der Waals surface area contributed by atoms with Crippen molar-refractivity contribution < 1.29 is 31.7 Å². The molecule has 0 atom stereocenters. The number of halogens is 1. The lowest BCUT2D eigenvalue weighted by atomic mass is 9.82. The van der Waals surface area contributed by atoms with Crippen LogP contribution >= 0.6 is 0 Å². The van der Waals surface area contributed by atoms with E-state index < -0.39 is 0 Å². The summed E-state index contributed by atoms with van der Waals surface area (Å²) in [7, 11) is 0. The van der Waals surface area contributed by atoms with Gasteiger partial charge in [-0.1, -0.05) is 99.5 Å². The summed E-state index contributed by atoms with van der Waals surface area (Å²) in [6, 6.07) is 37.9. The van der Waals surface area contributed by atoms with Gasteiger partial charge in [0.15, 0.2) is 0 Å². The highest BCUT2D eigenvalue weighted by atomic mass is 79.9. The first-order valence-corrected chi connectivity index (χ1v) is 16.5. The van der Waals surface area contributed by atoms with Crippen LogP contribution in [0.2, 0.25) is 0 Å². The van der Waals surface area contributed by atoms with Crippen molar-refractivity contribution >= 4 is 21.5 Å². The molecule has 0 spiro atoms. The minimum absolute atomic E-state index is 0. The average Bonchev–Trinajstić information content (AvgIpc) is 3.21. The highest BCUT2D eigenvalue weighted by molar-refractivity contribution is 6.12. The summed E-state index contributed by atoms with van der Waals surface area (Å²) < 4.78 is 0.982. The van der Waals surface area contributed by atoms with Crippen LogP contribution in [0.15, 0.2) is 109 Å². The Morgan fingerprint density at radius 3 is 1.39 bits per heavy atom. The minimum atomic E-state index is 0. The van der Waals surface area contributed by atoms with E-state index in [1.54, 1.807) is 12.1 Å². The molecule has 2 N–H and O–H groups in total. The van der Waals surface area contributed by atoms with Crippen molar-refractivity contribution in [1.29, 1.82) is 0 Å². The molecule has 1 aliphatic rings. The van der Waals surface area contributed by atoms with Crippen LogP contribution in [0.1, 0.15) is 50.7 Å². The molecule has 0 saturated carbocycles. The number of phenolic OH excluding ortho intramolecular Hbond substituents is 2. The van der Waals surface area contributed by atoms with Crippen LogP contribution in [-0.2, 0) is 13.1 Å². The van der Waals surface area contributed by atoms with E-state index in [1.807, 2.05) is 24.3 Å². The molecule has 1 aliphatic heterocycles. The first kappa shape index (κ1) is 31.8. The highest BCUT2D eigenvalue weighted by Gasteiger charge is 2.37. The zero-order chi connectivity index (χ0) is 31.0. The first-order valence-electron chi connectivity index (χ1n) is 16.5. The molecule has 7 rings (SSSR count). The summed E-state index contributed by atoms with van der Waals surface area (Å²) >= 11 is 0. The largest absolute Gasteiger partial charge is 1.00 e. The van der Waals surface area contributed by atoms with E-state index in [-0.39, 0.29) is 28.5 Å². The molecular weight excluding hydrogens is 630 g/mol. The zero-order valence-electron chi connectivity index (χ0n) is 26.8. The van der Waals surface area contributed by atoms with Crippen molar-refractivity contribution in [3.63, 3.8) is 0 Å². The Hall–Kier alpha value is -4.12. The van der Waals surface area contributed by atoms with Gasteiger partial charge in [-0.25, -0.2) is 0 Å². The lowest BCUT2D eigenvalue weighted by Crippen LogP contribution is -3.00. The third-order valence-corrected chi connectivity index (χ3v) is 9.84. The highest BCUT2D eigenvalue weighted by Crippen LogP contribution is 2.50. The summed E-state index contributed by atoms with van der Waals surface area (Å²) in [5, 5.41) is 26.2. The molecule has 0 saturated heterocycles. The molecule has 0 radical (unpaired) electrons. The second-order valence-electron chi connectivity index (χ2n) is 12.9. The Labute approximate surface area is 283 Å². The fourth-order valence-corrected chi connectivity index (χ4v) is 7.68. The molecular formula is C42H42BrNO2. The van der Waals surface area contributed by atoms with E-state index in [0.717, 1.165) is 54.6 Å². The summed E-state index contributed by atoms with van der Waals surface area (Å²) in [5.74, 6) is 0.579. The predicted molar refractivity (Wildman–Crippen MR) is 188 cm³/mol. The fourth-order valence-electron chi connectivity index (χ4n) is 7.68. The van der Waals surface area contributed by atoms with Gasteiger partial charge in [0.1, 0.15) is 24.6 Å². The average molecular weight is 673 g/mol. The maximum Gasteiger partial charge on any atom is 0.116 e. The van der Waals surface area contributed by atoms with E-state index in [9.17, 15) is 10.2 Å². The number of unbranched alkanes of at least 4 members (excludes halogenated alkanes) is 2. The van der Waals surface area contributed by atoms with Gasteiger partial charge in [0.25, 0.3) is 0 Å². The van der Waals surface area contributed by atoms with Crippen molar-refractivity contribution in [3.8, 4) is 44.9 Å². The van der Waals surface area contributed by atoms with Gasteiger partial charge in [-0.2, -0.15) is 0 Å². The fraction of sp³-hybridized carbons (Fsp3) is 0.238. The lowest BCUT2D eigenvalue weighted by Gasteiger charge is -2.39. The van der Waals surface area contributed by atoms with Gasteiger partial charge in [-0.15, -0.1) is 0 Å². The second kappa shape index (κ2) is 13.3. The van der Waals surface area contributed by atoms with Gasteiger partial charge in [-0.05, 0) is 93.0 Å². The molecule has 6 aromatic carbocycles. The van der Waals surface area contributed by atoms with E-state index in [0.29, 0.717) is 0 Å². The van der Waals surface area contributed by atoms with Gasteiger partial charge >= 0.3 is 0 Å². The van der Waals surface area contributed by atoms with Gasteiger partial charge in [-0.3, -0.25) is 0 Å². The Kier molecular flexibility index (Phi) is 9.22. The Balaban J connectivity index is 0.00000372. The molecule has 0 amide bonds. The van der Waals surface area contributed by atoms with Gasteiger partial charge in [0.05, 0.1) is 13.1 Å². The number of quaternary nitrogens is 1. The monoisotopic (exact) mass is 671 g/mol. The van der Waals surface area contributed by atoms with Crippen LogP contribution in [0.3, 0.4) is 0 Å². The number of aromatic hydroxyl groups is 2. The maximum atomic E-state index is 10.6. The van der Waals surface area contributed by atoms with Gasteiger partial charge < -0.3 is 31.7 Å². The third kappa shape index (κ3) is 5.81. The second-order valence-corrected chi connectivity index (χ2v) is 12.9. The molecule has 46 heavy (non-hydrogen) atoms. The minimum Gasteiger partial charge on any atom is -1.00 e. The molecule has 0 aliphatic carbocycles. The SMILES string of the molecule is CCCC[N+]1(CCCC)Cc2c(-c3cccc(O)c3)cc3ccccc3c2-c2c(c(-c3cccc(O)c3)cc3ccccc23)C1.[Br-]. The Morgan fingerprint density at radius 1 is 0.543 bits per heavy atom. The number of rotatable bonds is 8. The number of phenols is 2. The predicted octanol–water partition coefficient (Wildman–Crippen LogP) is 7.84. The summed E-state index contributed by atoms with van der Waals surface area (Å²) in [6.07, 6.45) is 4.64. The van der Waals surface area contributed by atoms with Crippen molar-refractivity contribution in [2.75, 3.05) is 13.1 Å². The van der Waals surface area contributed by atoms with Gasteiger partial charge in [0.2, 0.25) is 0 Å². The molecule has 4 heteroatoms. The molecule has 1 heterocycles. The molecule has 0 fully saturated rings. The maximum absolute atomic E-state index is 10.6. The van der Waals surface area contributed by atoms with E-state index in [2.05, 4.69) is 86.6 Å². The first-order chi connectivity index (χ1) is 22.0. The van der Waals surface area contributed by atoms with Crippen LogP contribution in [0, 0.1) is 0 Å². The van der Waals surface area contributed by atoms with Crippen LogP contribution in [0.25, 0.3) is 54.9 Å². The zero-order valence-corrected chi connectivity index (χ0v) is 28.4. The number of benzene rings is 6. The molecule has 3 nitrogen and oxygen atoms in total. The van der Waals surface area contributed by atoms with Crippen molar-refractivity contribution in [1.82, 2.24) is 0 Å². The number of nitrogens with zero attached hydrogens (tertiary/aromatic N) is 1. The quantitative estimate of drug-likeness (QED) is 0.162. The van der Waals surface area contributed by atoms with Gasteiger partial charge in [0, 0.05) is 22.3 Å². The third-order valence-electron chi connectivity index (χ3n) is 9.84. The number of fused-ring (bicyclic) bond motifs is 7. The lowest BCUT2D eigenvalue weighted by molar-refractivity contribution is -0.953. The Bertz CT molecular complexity index is 1880. The molecule has 0 aromatic heterocycles. The molecule has 0 unspecified atom stereocenters. The molecule has 0 bridgehead atoms. The topological polar surface area (TPSA) is 40.5 Å². The summed E-state index contributed by atoms with van der Waals surface area (Å²) in [4.78, 5) is 0. The summed E-state index contributed by atoms with van der Waals surface area (Å²) in [5.41, 5.74) is 9.87. The van der Waals surface area contributed by atoms with E-state index in [1.165, 1.54) is 67.8 Å². The Morgan fingerprint density at radius 2 is 0.978 bits per heavy atom. The standard InChI is InChI=1S/C42H41NO2.BrH/c1-3-5-21-43(22-6-4-2)27-39-37(29-15-11-17-33(44)23-29)25-31-13-7-9-19-35(31)41(39)42-36-20-10-8-14-32(36)26-38(40(42)28-43)30-16-12-18-34(45)24-30;/h7-20,23-26H,3-6,21-22,27-28H2,1-2H3,(H-,44,45);1H. The smallest absolute Gasteiger partial charge is 0.116 e. The van der Waals surface area contributed by atoms with Crippen LogP contribution in [-0.4, -0.2) is 27.8 Å². The number of hydrogen-bond acceptors (Lipinski definition) is 2. The van der Waals surface area contributed by atoms with Crippen molar-refractivity contribution in [3.05, 3.63) is 120 Å². The van der Waals surface area contributed by atoms with Crippen LogP contribution in [0.4, 0.5) is 0 Å². The van der Waals surface area contributed by atoms with Crippen molar-refractivity contribution in [2.45, 2.75) is 52.6 Å². The summed E-state index contributed by atoms with van der Waals surface area (Å²) in [6.45, 7) is 8.66.